The van der Waals surface area contributed by atoms with Crippen LogP contribution in [0.5, 0.6) is 0 Å². The zero-order valence-corrected chi connectivity index (χ0v) is 12.1. The highest BCUT2D eigenvalue weighted by atomic mass is 16.5. The predicted octanol–water partition coefficient (Wildman–Crippen LogP) is 1.21. The average Bonchev–Trinajstić information content (AvgIpc) is 2.36. The van der Waals surface area contributed by atoms with Gasteiger partial charge in [-0.15, -0.1) is 0 Å². The molecule has 0 aromatic rings. The molecule has 0 bridgehead atoms. The zero-order valence-electron chi connectivity index (χ0n) is 12.1. The molecular weight excluding hydrogens is 232 g/mol. The third-order valence-corrected chi connectivity index (χ3v) is 3.65. The van der Waals surface area contributed by atoms with Crippen LogP contribution >= 0.6 is 0 Å². The molecule has 0 saturated heterocycles. The molecular formula is C13H26N2O3. The van der Waals surface area contributed by atoms with Crippen LogP contribution in [-0.4, -0.2) is 30.6 Å². The first-order chi connectivity index (χ1) is 8.31. The second-order valence-corrected chi connectivity index (χ2v) is 4.88. The molecule has 0 aromatic heterocycles. The fourth-order valence-electron chi connectivity index (χ4n) is 1.68. The van der Waals surface area contributed by atoms with E-state index < -0.39 is 5.54 Å². The van der Waals surface area contributed by atoms with Crippen molar-refractivity contribution in [1.29, 1.82) is 0 Å². The summed E-state index contributed by atoms with van der Waals surface area (Å²) in [5.41, 5.74) is 5.18. The van der Waals surface area contributed by atoms with Gasteiger partial charge in [0.25, 0.3) is 0 Å². The molecule has 0 aliphatic rings. The summed E-state index contributed by atoms with van der Waals surface area (Å²) in [5, 5.41) is 2.96. The lowest BCUT2D eigenvalue weighted by Gasteiger charge is -2.33. The van der Waals surface area contributed by atoms with Crippen LogP contribution in [0.15, 0.2) is 0 Å². The van der Waals surface area contributed by atoms with Gasteiger partial charge in [0.2, 0.25) is 5.91 Å². The van der Waals surface area contributed by atoms with Gasteiger partial charge >= 0.3 is 5.97 Å². The van der Waals surface area contributed by atoms with Crippen molar-refractivity contribution in [2.45, 2.75) is 58.5 Å². The fraction of sp³-hybridized carbons (Fsp3) is 0.846. The highest BCUT2D eigenvalue weighted by Gasteiger charge is 2.33. The number of nitrogens with one attached hydrogen (secondary N) is 1. The Morgan fingerprint density at radius 1 is 1.28 bits per heavy atom. The monoisotopic (exact) mass is 258 g/mol. The van der Waals surface area contributed by atoms with Gasteiger partial charge in [0.15, 0.2) is 0 Å². The van der Waals surface area contributed by atoms with Crippen molar-refractivity contribution in [3.8, 4) is 0 Å². The van der Waals surface area contributed by atoms with E-state index in [1.165, 1.54) is 7.11 Å². The van der Waals surface area contributed by atoms with Crippen molar-refractivity contribution in [3.63, 3.8) is 0 Å². The molecule has 3 N–H and O–H groups in total. The van der Waals surface area contributed by atoms with Crippen LogP contribution in [0.25, 0.3) is 0 Å². The third-order valence-electron chi connectivity index (χ3n) is 3.65. The van der Waals surface area contributed by atoms with Crippen LogP contribution in [0.2, 0.25) is 0 Å². The third kappa shape index (κ3) is 4.64. The highest BCUT2D eigenvalue weighted by Crippen LogP contribution is 2.21. The number of rotatable bonds is 7. The van der Waals surface area contributed by atoms with E-state index in [2.05, 4.69) is 10.1 Å². The van der Waals surface area contributed by atoms with Crippen molar-refractivity contribution in [3.05, 3.63) is 0 Å². The lowest BCUT2D eigenvalue weighted by Crippen LogP contribution is -2.52. The molecule has 0 aromatic carbocycles. The number of methoxy groups -OCH3 is 1. The maximum atomic E-state index is 12.0. The summed E-state index contributed by atoms with van der Waals surface area (Å²) >= 11 is 0. The van der Waals surface area contributed by atoms with E-state index in [0.717, 1.165) is 0 Å². The molecule has 0 aliphatic carbocycles. The van der Waals surface area contributed by atoms with Crippen LogP contribution in [0.1, 0.15) is 47.0 Å². The van der Waals surface area contributed by atoms with Crippen LogP contribution < -0.4 is 11.1 Å². The summed E-state index contributed by atoms with van der Waals surface area (Å²) in [6.07, 6.45) is 1.54. The molecule has 106 valence electrons. The lowest BCUT2D eigenvalue weighted by atomic mass is 9.87. The molecule has 18 heavy (non-hydrogen) atoms. The average molecular weight is 258 g/mol. The highest BCUT2D eigenvalue weighted by molar-refractivity contribution is 5.81. The Hall–Kier alpha value is -1.10. The van der Waals surface area contributed by atoms with Crippen molar-refractivity contribution >= 4 is 11.9 Å². The first kappa shape index (κ1) is 16.9. The van der Waals surface area contributed by atoms with Gasteiger partial charge in [-0.05, 0) is 19.8 Å². The Bertz CT molecular complexity index is 286. The summed E-state index contributed by atoms with van der Waals surface area (Å²) in [6.45, 7) is 7.48. The fourth-order valence-corrected chi connectivity index (χ4v) is 1.68. The Labute approximate surface area is 109 Å². The number of carbonyl (C=O) groups is 2. The molecule has 0 rings (SSSR count). The number of carbonyl (C=O) groups excluding carboxylic acids is 2. The summed E-state index contributed by atoms with van der Waals surface area (Å²) in [6, 6.07) is -0.213. The quantitative estimate of drug-likeness (QED) is 0.672. The number of hydrogen-bond acceptors (Lipinski definition) is 4. The number of nitrogens with two attached hydrogens (primary N) is 1. The molecule has 2 atom stereocenters. The first-order valence-corrected chi connectivity index (χ1v) is 6.46. The van der Waals surface area contributed by atoms with Crippen molar-refractivity contribution < 1.29 is 14.3 Å². The van der Waals surface area contributed by atoms with Crippen LogP contribution in [0, 0.1) is 5.92 Å². The van der Waals surface area contributed by atoms with Gasteiger partial charge < -0.3 is 15.8 Å². The van der Waals surface area contributed by atoms with Crippen LogP contribution in [-0.2, 0) is 14.3 Å². The van der Waals surface area contributed by atoms with Gasteiger partial charge in [-0.25, -0.2) is 0 Å². The molecule has 0 fully saturated rings. The SMILES string of the molecule is CCC(CC)(CC(=O)OC)NC(=O)C(C)C(C)N. The lowest BCUT2D eigenvalue weighted by molar-refractivity contribution is -0.143. The van der Waals surface area contributed by atoms with E-state index in [-0.39, 0.29) is 30.3 Å². The van der Waals surface area contributed by atoms with E-state index in [1.54, 1.807) is 13.8 Å². The summed E-state index contributed by atoms with van der Waals surface area (Å²) in [4.78, 5) is 23.5. The number of esters is 1. The summed E-state index contributed by atoms with van der Waals surface area (Å²) in [7, 11) is 1.35. The first-order valence-electron chi connectivity index (χ1n) is 6.46. The maximum Gasteiger partial charge on any atom is 0.307 e. The Kier molecular flexibility index (Phi) is 6.91. The van der Waals surface area contributed by atoms with Gasteiger partial charge in [-0.1, -0.05) is 20.8 Å². The number of amides is 1. The van der Waals surface area contributed by atoms with Crippen LogP contribution in [0.3, 0.4) is 0 Å². The van der Waals surface area contributed by atoms with Crippen molar-refractivity contribution in [2.75, 3.05) is 7.11 Å². The predicted molar refractivity (Wildman–Crippen MR) is 70.9 cm³/mol. The Balaban J connectivity index is 4.80. The number of hydrogen-bond donors (Lipinski definition) is 2. The largest absolute Gasteiger partial charge is 0.469 e. The van der Waals surface area contributed by atoms with E-state index >= 15 is 0 Å². The van der Waals surface area contributed by atoms with Crippen molar-refractivity contribution in [2.24, 2.45) is 11.7 Å². The number of ether oxygens (including phenoxy) is 1. The van der Waals surface area contributed by atoms with Gasteiger partial charge in [0, 0.05) is 17.5 Å². The van der Waals surface area contributed by atoms with E-state index in [0.29, 0.717) is 12.8 Å². The minimum Gasteiger partial charge on any atom is -0.469 e. The topological polar surface area (TPSA) is 81.4 Å². The molecule has 2 unspecified atom stereocenters. The summed E-state index contributed by atoms with van der Waals surface area (Å²) < 4.78 is 4.68. The molecule has 5 heteroatoms. The smallest absolute Gasteiger partial charge is 0.307 e. The minimum atomic E-state index is -0.534. The Morgan fingerprint density at radius 2 is 1.78 bits per heavy atom. The zero-order chi connectivity index (χ0) is 14.3. The van der Waals surface area contributed by atoms with Gasteiger partial charge in [0.05, 0.1) is 13.5 Å². The molecule has 0 heterocycles. The summed E-state index contributed by atoms with van der Waals surface area (Å²) in [5.74, 6) is -0.704. The van der Waals surface area contributed by atoms with Gasteiger partial charge in [-0.3, -0.25) is 9.59 Å². The minimum absolute atomic E-state index is 0.113. The Morgan fingerprint density at radius 3 is 2.11 bits per heavy atom. The molecule has 0 saturated carbocycles. The molecule has 1 amide bonds. The molecule has 0 spiro atoms. The molecule has 0 aliphatic heterocycles. The standard InChI is InChI=1S/C13H26N2O3/c1-6-13(7-2,8-11(16)18-5)15-12(17)9(3)10(4)14/h9-10H,6-8,14H2,1-5H3,(H,15,17). The van der Waals surface area contributed by atoms with E-state index in [4.69, 9.17) is 5.73 Å². The van der Waals surface area contributed by atoms with E-state index in [1.807, 2.05) is 13.8 Å². The maximum absolute atomic E-state index is 12.0. The second kappa shape index (κ2) is 7.36. The van der Waals surface area contributed by atoms with Gasteiger partial charge in [-0.2, -0.15) is 0 Å². The van der Waals surface area contributed by atoms with Crippen molar-refractivity contribution in [1.82, 2.24) is 5.32 Å². The van der Waals surface area contributed by atoms with E-state index in [9.17, 15) is 9.59 Å². The second-order valence-electron chi connectivity index (χ2n) is 4.88. The normalized spacial score (nSPS) is 14.8. The molecule has 5 nitrogen and oxygen atoms in total. The molecule has 0 radical (unpaired) electrons. The van der Waals surface area contributed by atoms with Crippen LogP contribution in [0.4, 0.5) is 0 Å². The van der Waals surface area contributed by atoms with Gasteiger partial charge in [0.1, 0.15) is 0 Å².